The highest BCUT2D eigenvalue weighted by Gasteiger charge is 2.43. The third-order valence-electron chi connectivity index (χ3n) is 8.57. The molecule has 0 spiro atoms. The summed E-state index contributed by atoms with van der Waals surface area (Å²) >= 11 is 6.21. The van der Waals surface area contributed by atoms with E-state index in [0.717, 1.165) is 28.3 Å². The van der Waals surface area contributed by atoms with Crippen molar-refractivity contribution in [1.29, 1.82) is 0 Å². The summed E-state index contributed by atoms with van der Waals surface area (Å²) in [4.78, 5) is 51.4. The third-order valence-corrected chi connectivity index (χ3v) is 10.9. The van der Waals surface area contributed by atoms with Crippen molar-refractivity contribution in [3.63, 3.8) is 0 Å². The number of hydrogen-bond acceptors (Lipinski definition) is 7. The quantitative estimate of drug-likeness (QED) is 0.261. The van der Waals surface area contributed by atoms with Gasteiger partial charge in [0.1, 0.15) is 12.1 Å². The van der Waals surface area contributed by atoms with Crippen LogP contribution in [0.4, 0.5) is 11.4 Å². The van der Waals surface area contributed by atoms with Crippen molar-refractivity contribution in [3.05, 3.63) is 101 Å². The van der Waals surface area contributed by atoms with Crippen LogP contribution >= 0.6 is 11.6 Å². The van der Waals surface area contributed by atoms with Crippen molar-refractivity contribution in [1.82, 2.24) is 20.2 Å². The van der Waals surface area contributed by atoms with E-state index in [1.807, 2.05) is 24.3 Å². The Hall–Kier alpha value is -4.81. The molecule has 0 bridgehead atoms. The van der Waals surface area contributed by atoms with Crippen molar-refractivity contribution < 1.29 is 22.8 Å². The molecule has 0 aliphatic carbocycles. The molecule has 2 N–H and O–H groups in total. The van der Waals surface area contributed by atoms with E-state index in [0.29, 0.717) is 40.8 Å². The van der Waals surface area contributed by atoms with Crippen LogP contribution in [0.3, 0.4) is 0 Å². The minimum Gasteiger partial charge on any atom is -0.344 e. The van der Waals surface area contributed by atoms with E-state index in [1.165, 1.54) is 0 Å². The maximum absolute atomic E-state index is 14.4. The average Bonchev–Trinajstić information content (AvgIpc) is 3.60. The van der Waals surface area contributed by atoms with Gasteiger partial charge in [0, 0.05) is 42.5 Å². The van der Waals surface area contributed by atoms with Gasteiger partial charge in [-0.2, -0.15) is 0 Å². The number of rotatable bonds is 9. The number of likely N-dealkylation sites (tertiary alicyclic amines) is 1. The molecule has 6 rings (SSSR count). The molecule has 2 unspecified atom stereocenters. The van der Waals surface area contributed by atoms with Gasteiger partial charge in [0.05, 0.1) is 22.7 Å². The first-order chi connectivity index (χ1) is 23.0. The highest BCUT2D eigenvalue weighted by Crippen LogP contribution is 2.39. The molecular formula is C35H35ClN6O5S. The fourth-order valence-corrected chi connectivity index (χ4v) is 8.78. The van der Waals surface area contributed by atoms with Gasteiger partial charge in [-0.3, -0.25) is 18.7 Å². The molecule has 1 saturated heterocycles. The summed E-state index contributed by atoms with van der Waals surface area (Å²) in [6, 6.07) is 16.5. The number of sulfonamides is 1. The molecule has 248 valence electrons. The number of amides is 3. The summed E-state index contributed by atoms with van der Waals surface area (Å²) in [6.07, 6.45) is 4.74. The molecule has 1 fully saturated rings. The Bertz CT molecular complexity index is 1940. The van der Waals surface area contributed by atoms with Gasteiger partial charge < -0.3 is 15.5 Å². The lowest BCUT2D eigenvalue weighted by Crippen LogP contribution is -2.55. The number of benzene rings is 3. The summed E-state index contributed by atoms with van der Waals surface area (Å²) in [6.45, 7) is 4.45. The molecule has 13 heteroatoms. The standard InChI is InChI=1S/C35H35ClN6O5S/c1-22-18-26(36)19-23(2)32(22)48(46,47)42-29-9-4-3-8-27(29)40-34(44)30(42)21-31(43)39-28(35(45)41-16-5-6-17-41)20-24-10-12-25(13-11-24)33-37-14-7-15-38-33/h3-4,7-15,18-19,28,30H,5-6,16-17,20-21H2,1-2H3,(H,39,43)(H,40,44). The molecule has 48 heavy (non-hydrogen) atoms. The van der Waals surface area contributed by atoms with Gasteiger partial charge in [0.15, 0.2) is 5.82 Å². The second-order valence-electron chi connectivity index (χ2n) is 12.0. The number of carbonyl (C=O) groups is 3. The first-order valence-corrected chi connectivity index (χ1v) is 17.5. The number of halogens is 1. The highest BCUT2D eigenvalue weighted by atomic mass is 35.5. The average molecular weight is 687 g/mol. The molecule has 2 aliphatic heterocycles. The number of hydrogen-bond donors (Lipinski definition) is 2. The lowest BCUT2D eigenvalue weighted by molar-refractivity contribution is -0.135. The van der Waals surface area contributed by atoms with Gasteiger partial charge in [-0.25, -0.2) is 18.4 Å². The van der Waals surface area contributed by atoms with E-state index in [4.69, 9.17) is 11.6 Å². The van der Waals surface area contributed by atoms with Crippen LogP contribution in [0.2, 0.25) is 5.02 Å². The summed E-state index contributed by atoms with van der Waals surface area (Å²) in [5, 5.41) is 5.99. The molecule has 3 heterocycles. The minimum atomic E-state index is -4.37. The molecule has 4 aromatic rings. The summed E-state index contributed by atoms with van der Waals surface area (Å²) < 4.78 is 29.9. The van der Waals surface area contributed by atoms with Crippen LogP contribution < -0.4 is 14.9 Å². The zero-order valence-corrected chi connectivity index (χ0v) is 28.1. The zero-order chi connectivity index (χ0) is 34.0. The van der Waals surface area contributed by atoms with Gasteiger partial charge in [0.25, 0.3) is 10.0 Å². The Kier molecular flexibility index (Phi) is 9.47. The molecule has 1 aromatic heterocycles. The van der Waals surface area contributed by atoms with Crippen LogP contribution in [0.15, 0.2) is 84.0 Å². The topological polar surface area (TPSA) is 142 Å². The fraction of sp³-hybridized carbons (Fsp3) is 0.286. The van der Waals surface area contributed by atoms with Crippen LogP contribution in [-0.2, 0) is 30.8 Å². The van der Waals surface area contributed by atoms with Crippen molar-refractivity contribution in [3.8, 4) is 11.4 Å². The molecule has 3 aromatic carbocycles. The van der Waals surface area contributed by atoms with Crippen LogP contribution in [-0.4, -0.2) is 66.2 Å². The maximum atomic E-state index is 14.4. The Labute approximate surface area is 284 Å². The van der Waals surface area contributed by atoms with Crippen molar-refractivity contribution >= 4 is 50.7 Å². The Balaban J connectivity index is 1.29. The Morgan fingerprint density at radius 2 is 1.62 bits per heavy atom. The molecular weight excluding hydrogens is 652 g/mol. The zero-order valence-electron chi connectivity index (χ0n) is 26.5. The van der Waals surface area contributed by atoms with E-state index in [-0.39, 0.29) is 22.9 Å². The van der Waals surface area contributed by atoms with Gasteiger partial charge in [0.2, 0.25) is 17.7 Å². The summed E-state index contributed by atoms with van der Waals surface area (Å²) in [7, 11) is -4.37. The Morgan fingerprint density at radius 3 is 2.29 bits per heavy atom. The third kappa shape index (κ3) is 6.76. The second kappa shape index (κ2) is 13.7. The van der Waals surface area contributed by atoms with E-state index < -0.39 is 40.3 Å². The Morgan fingerprint density at radius 1 is 0.979 bits per heavy atom. The molecule has 11 nitrogen and oxygen atoms in total. The fourth-order valence-electron chi connectivity index (χ4n) is 6.40. The number of nitrogens with zero attached hydrogens (tertiary/aromatic N) is 4. The number of fused-ring (bicyclic) bond motifs is 1. The maximum Gasteiger partial charge on any atom is 0.265 e. The molecule has 2 atom stereocenters. The lowest BCUT2D eigenvalue weighted by Gasteiger charge is -2.37. The predicted octanol–water partition coefficient (Wildman–Crippen LogP) is 4.67. The van der Waals surface area contributed by atoms with Crippen LogP contribution in [0.5, 0.6) is 0 Å². The number of nitrogens with one attached hydrogen (secondary N) is 2. The lowest BCUT2D eigenvalue weighted by atomic mass is 10.0. The number of anilines is 2. The van der Waals surface area contributed by atoms with Gasteiger partial charge in [-0.05, 0) is 73.7 Å². The molecule has 0 radical (unpaired) electrons. The van der Waals surface area contributed by atoms with E-state index in [9.17, 15) is 22.8 Å². The predicted molar refractivity (Wildman–Crippen MR) is 183 cm³/mol. The smallest absolute Gasteiger partial charge is 0.265 e. The van der Waals surface area contributed by atoms with Gasteiger partial charge in [-0.15, -0.1) is 0 Å². The van der Waals surface area contributed by atoms with E-state index in [1.54, 1.807) is 73.6 Å². The van der Waals surface area contributed by atoms with Crippen LogP contribution in [0.25, 0.3) is 11.4 Å². The normalized spacial score (nSPS) is 16.6. The molecule has 2 aliphatic rings. The largest absolute Gasteiger partial charge is 0.344 e. The van der Waals surface area contributed by atoms with E-state index >= 15 is 0 Å². The highest BCUT2D eigenvalue weighted by molar-refractivity contribution is 7.93. The van der Waals surface area contributed by atoms with Crippen molar-refractivity contribution in [2.75, 3.05) is 22.7 Å². The first kappa shape index (κ1) is 33.1. The number of aromatic nitrogens is 2. The van der Waals surface area contributed by atoms with E-state index in [2.05, 4.69) is 20.6 Å². The molecule has 0 saturated carbocycles. The summed E-state index contributed by atoms with van der Waals surface area (Å²) in [5.41, 5.74) is 2.96. The van der Waals surface area contributed by atoms with Crippen LogP contribution in [0, 0.1) is 13.8 Å². The second-order valence-corrected chi connectivity index (χ2v) is 14.2. The van der Waals surface area contributed by atoms with Crippen LogP contribution in [0.1, 0.15) is 36.0 Å². The minimum absolute atomic E-state index is 0.00764. The van der Waals surface area contributed by atoms with Gasteiger partial charge >= 0.3 is 0 Å². The van der Waals surface area contributed by atoms with Gasteiger partial charge in [-0.1, -0.05) is 48.0 Å². The monoisotopic (exact) mass is 686 g/mol. The number of para-hydroxylation sites is 2. The van der Waals surface area contributed by atoms with Crippen molar-refractivity contribution in [2.45, 2.75) is 56.5 Å². The first-order valence-electron chi connectivity index (χ1n) is 15.7. The number of carbonyl (C=O) groups excluding carboxylic acids is 3. The van der Waals surface area contributed by atoms with Crippen molar-refractivity contribution in [2.24, 2.45) is 0 Å². The molecule has 3 amide bonds. The SMILES string of the molecule is Cc1cc(Cl)cc(C)c1S(=O)(=O)N1c2ccccc2NC(=O)C1CC(=O)NC(Cc1ccc(-c2ncccn2)cc1)C(=O)N1CCCC1. The number of aryl methyl sites for hydroxylation is 2. The summed E-state index contributed by atoms with van der Waals surface area (Å²) in [5.74, 6) is -0.950.